The first-order chi connectivity index (χ1) is 9.56. The van der Waals surface area contributed by atoms with Crippen LogP contribution in [0.4, 0.5) is 5.69 Å². The number of hydrogen-bond donors (Lipinski definition) is 1. The Kier molecular flexibility index (Phi) is 5.29. The summed E-state index contributed by atoms with van der Waals surface area (Å²) in [6.07, 6.45) is 3.79. The number of hydrogen-bond acceptors (Lipinski definition) is 3. The van der Waals surface area contributed by atoms with Gasteiger partial charge >= 0.3 is 0 Å². The van der Waals surface area contributed by atoms with Crippen LogP contribution in [0.3, 0.4) is 0 Å². The Hall–Kier alpha value is -1.23. The summed E-state index contributed by atoms with van der Waals surface area (Å²) in [6.45, 7) is 2.40. The summed E-state index contributed by atoms with van der Waals surface area (Å²) in [5.41, 5.74) is 1.86. The molecule has 20 heavy (non-hydrogen) atoms. The van der Waals surface area contributed by atoms with Crippen molar-refractivity contribution in [3.63, 3.8) is 0 Å². The third-order valence-corrected chi connectivity index (χ3v) is 3.65. The van der Waals surface area contributed by atoms with E-state index in [0.29, 0.717) is 16.6 Å². The van der Waals surface area contributed by atoms with Gasteiger partial charge in [0.1, 0.15) is 0 Å². The lowest BCUT2D eigenvalue weighted by molar-refractivity contribution is 0.373. The second-order valence-corrected chi connectivity index (χ2v) is 5.66. The number of benzene rings is 1. The molecule has 0 saturated heterocycles. The molecule has 0 atom stereocenters. The van der Waals surface area contributed by atoms with Gasteiger partial charge in [-0.05, 0) is 26.2 Å². The third kappa shape index (κ3) is 4.13. The van der Waals surface area contributed by atoms with Crippen molar-refractivity contribution < 1.29 is 0 Å². The molecule has 4 nitrogen and oxygen atoms in total. The Morgan fingerprint density at radius 2 is 1.95 bits per heavy atom. The number of halogens is 2. The first-order valence-corrected chi connectivity index (χ1v) is 7.16. The Labute approximate surface area is 129 Å². The second kappa shape index (κ2) is 6.97. The van der Waals surface area contributed by atoms with E-state index in [0.717, 1.165) is 24.3 Å². The van der Waals surface area contributed by atoms with E-state index < -0.39 is 0 Å². The molecule has 2 rings (SSSR count). The van der Waals surface area contributed by atoms with E-state index in [2.05, 4.69) is 15.3 Å². The molecule has 0 bridgehead atoms. The number of anilines is 1. The standard InChI is InChI=1S/C14H18Cl2N4/c1-19(2)6-7-20-10-11(8-18-20)17-9-12-13(15)4-3-5-14(12)16/h3-5,8,10,17H,6-7,9H2,1-2H3. The van der Waals surface area contributed by atoms with Crippen LogP contribution in [0.2, 0.25) is 10.0 Å². The van der Waals surface area contributed by atoms with Crippen molar-refractivity contribution in [1.82, 2.24) is 14.7 Å². The third-order valence-electron chi connectivity index (χ3n) is 2.94. The Morgan fingerprint density at radius 1 is 1.25 bits per heavy atom. The van der Waals surface area contributed by atoms with Crippen LogP contribution < -0.4 is 5.32 Å². The van der Waals surface area contributed by atoms with E-state index in [1.165, 1.54) is 0 Å². The minimum atomic E-state index is 0.581. The summed E-state index contributed by atoms with van der Waals surface area (Å²) >= 11 is 12.3. The van der Waals surface area contributed by atoms with E-state index in [-0.39, 0.29) is 0 Å². The molecule has 0 amide bonds. The zero-order chi connectivity index (χ0) is 14.5. The Bertz CT molecular complexity index is 546. The molecular formula is C14H18Cl2N4. The van der Waals surface area contributed by atoms with Crippen LogP contribution in [0, 0.1) is 0 Å². The van der Waals surface area contributed by atoms with Crippen LogP contribution >= 0.6 is 23.2 Å². The minimum Gasteiger partial charge on any atom is -0.378 e. The fourth-order valence-corrected chi connectivity index (χ4v) is 2.30. The van der Waals surface area contributed by atoms with Crippen molar-refractivity contribution in [2.45, 2.75) is 13.1 Å². The van der Waals surface area contributed by atoms with Gasteiger partial charge in [0.05, 0.1) is 18.4 Å². The van der Waals surface area contributed by atoms with Crippen molar-refractivity contribution in [1.29, 1.82) is 0 Å². The fourth-order valence-electron chi connectivity index (χ4n) is 1.77. The van der Waals surface area contributed by atoms with E-state index >= 15 is 0 Å². The number of aromatic nitrogens is 2. The molecule has 1 N–H and O–H groups in total. The van der Waals surface area contributed by atoms with E-state index in [1.54, 1.807) is 6.20 Å². The van der Waals surface area contributed by atoms with E-state index in [4.69, 9.17) is 23.2 Å². The monoisotopic (exact) mass is 312 g/mol. The smallest absolute Gasteiger partial charge is 0.0729 e. The lowest BCUT2D eigenvalue weighted by atomic mass is 10.2. The minimum absolute atomic E-state index is 0.581. The van der Waals surface area contributed by atoms with Crippen LogP contribution in [0.25, 0.3) is 0 Å². The number of nitrogens with zero attached hydrogens (tertiary/aromatic N) is 3. The topological polar surface area (TPSA) is 33.1 Å². The van der Waals surface area contributed by atoms with Gasteiger partial charge in [0.15, 0.2) is 0 Å². The van der Waals surface area contributed by atoms with Gasteiger partial charge < -0.3 is 10.2 Å². The molecule has 0 spiro atoms. The van der Waals surface area contributed by atoms with Crippen LogP contribution in [0.1, 0.15) is 5.56 Å². The summed E-state index contributed by atoms with van der Waals surface area (Å²) in [5, 5.41) is 8.93. The maximum absolute atomic E-state index is 6.13. The molecule has 0 aliphatic rings. The molecule has 1 heterocycles. The Morgan fingerprint density at radius 3 is 2.60 bits per heavy atom. The van der Waals surface area contributed by atoms with E-state index in [9.17, 15) is 0 Å². The zero-order valence-electron chi connectivity index (χ0n) is 11.6. The summed E-state index contributed by atoms with van der Waals surface area (Å²) in [4.78, 5) is 2.12. The molecule has 2 aromatic rings. The van der Waals surface area contributed by atoms with Crippen molar-refractivity contribution in [3.8, 4) is 0 Å². The van der Waals surface area contributed by atoms with Crippen LogP contribution in [0.15, 0.2) is 30.6 Å². The summed E-state index contributed by atoms with van der Waals surface area (Å²) in [5.74, 6) is 0. The highest BCUT2D eigenvalue weighted by molar-refractivity contribution is 6.36. The van der Waals surface area contributed by atoms with Crippen molar-refractivity contribution >= 4 is 28.9 Å². The van der Waals surface area contributed by atoms with Crippen molar-refractivity contribution in [2.24, 2.45) is 0 Å². The number of rotatable bonds is 6. The van der Waals surface area contributed by atoms with Gasteiger partial charge in [-0.1, -0.05) is 29.3 Å². The van der Waals surface area contributed by atoms with Gasteiger partial charge in [-0.3, -0.25) is 4.68 Å². The molecule has 0 aliphatic carbocycles. The van der Waals surface area contributed by atoms with Gasteiger partial charge in [-0.2, -0.15) is 5.10 Å². The van der Waals surface area contributed by atoms with E-state index in [1.807, 2.05) is 43.2 Å². The maximum atomic E-state index is 6.13. The molecule has 1 aromatic carbocycles. The normalized spacial score (nSPS) is 11.1. The SMILES string of the molecule is CN(C)CCn1cc(NCc2c(Cl)cccc2Cl)cn1. The van der Waals surface area contributed by atoms with Crippen molar-refractivity contribution in [2.75, 3.05) is 26.0 Å². The zero-order valence-corrected chi connectivity index (χ0v) is 13.1. The molecule has 0 saturated carbocycles. The largest absolute Gasteiger partial charge is 0.378 e. The van der Waals surface area contributed by atoms with Gasteiger partial charge in [-0.15, -0.1) is 0 Å². The second-order valence-electron chi connectivity index (χ2n) is 4.85. The van der Waals surface area contributed by atoms with Crippen LogP contribution in [-0.2, 0) is 13.1 Å². The summed E-state index contributed by atoms with van der Waals surface area (Å²) in [7, 11) is 4.09. The lowest BCUT2D eigenvalue weighted by Gasteiger charge is -2.09. The first-order valence-electron chi connectivity index (χ1n) is 6.40. The molecule has 1 aromatic heterocycles. The molecule has 0 radical (unpaired) electrons. The molecule has 6 heteroatoms. The predicted molar refractivity (Wildman–Crippen MR) is 84.6 cm³/mol. The lowest BCUT2D eigenvalue weighted by Crippen LogP contribution is -2.18. The van der Waals surface area contributed by atoms with Gasteiger partial charge in [0, 0.05) is 34.9 Å². The van der Waals surface area contributed by atoms with Crippen molar-refractivity contribution in [3.05, 3.63) is 46.2 Å². The Balaban J connectivity index is 1.94. The maximum Gasteiger partial charge on any atom is 0.0729 e. The average molecular weight is 313 g/mol. The molecular weight excluding hydrogens is 295 g/mol. The first kappa shape index (κ1) is 15.2. The highest BCUT2D eigenvalue weighted by atomic mass is 35.5. The summed E-state index contributed by atoms with van der Waals surface area (Å²) in [6, 6.07) is 5.52. The number of nitrogens with one attached hydrogen (secondary N) is 1. The molecule has 0 fully saturated rings. The van der Waals surface area contributed by atoms with Gasteiger partial charge in [-0.25, -0.2) is 0 Å². The highest BCUT2D eigenvalue weighted by Crippen LogP contribution is 2.25. The quantitative estimate of drug-likeness (QED) is 0.888. The van der Waals surface area contributed by atoms with Crippen LogP contribution in [-0.4, -0.2) is 35.3 Å². The van der Waals surface area contributed by atoms with Gasteiger partial charge in [0.2, 0.25) is 0 Å². The fraction of sp³-hybridized carbons (Fsp3) is 0.357. The predicted octanol–water partition coefficient (Wildman–Crippen LogP) is 3.36. The molecule has 0 aliphatic heterocycles. The molecule has 108 valence electrons. The number of likely N-dealkylation sites (N-methyl/N-ethyl adjacent to an activating group) is 1. The average Bonchev–Trinajstić information content (AvgIpc) is 2.84. The summed E-state index contributed by atoms with van der Waals surface area (Å²) < 4.78 is 1.91. The van der Waals surface area contributed by atoms with Crippen LogP contribution in [0.5, 0.6) is 0 Å². The van der Waals surface area contributed by atoms with Gasteiger partial charge in [0.25, 0.3) is 0 Å². The highest BCUT2D eigenvalue weighted by Gasteiger charge is 2.06. The molecule has 0 unspecified atom stereocenters.